The second-order valence-electron chi connectivity index (χ2n) is 4.42. The van der Waals surface area contributed by atoms with Crippen LogP contribution in [0.3, 0.4) is 0 Å². The minimum absolute atomic E-state index is 0.0264. The Bertz CT molecular complexity index is 520. The van der Waals surface area contributed by atoms with E-state index in [-0.39, 0.29) is 11.9 Å². The summed E-state index contributed by atoms with van der Waals surface area (Å²) in [5.74, 6) is -0.230. The van der Waals surface area contributed by atoms with Gasteiger partial charge in [-0.3, -0.25) is 0 Å². The number of hydrogen-bond donors (Lipinski definition) is 1. The number of halogens is 1. The van der Waals surface area contributed by atoms with E-state index in [2.05, 4.69) is 0 Å². The highest BCUT2D eigenvalue weighted by Crippen LogP contribution is 2.25. The molecule has 0 aromatic heterocycles. The van der Waals surface area contributed by atoms with Crippen molar-refractivity contribution in [3.05, 3.63) is 59.9 Å². The summed E-state index contributed by atoms with van der Waals surface area (Å²) >= 11 is 0. The number of anilines is 2. The van der Waals surface area contributed by atoms with Gasteiger partial charge in [-0.1, -0.05) is 18.2 Å². The molecule has 0 bridgehead atoms. The molecule has 18 heavy (non-hydrogen) atoms. The average molecular weight is 244 g/mol. The van der Waals surface area contributed by atoms with Crippen LogP contribution in [0.5, 0.6) is 0 Å². The molecule has 2 N–H and O–H groups in total. The van der Waals surface area contributed by atoms with Gasteiger partial charge >= 0.3 is 0 Å². The molecule has 0 radical (unpaired) electrons. The monoisotopic (exact) mass is 244 g/mol. The highest BCUT2D eigenvalue weighted by atomic mass is 19.1. The number of nitrogens with two attached hydrogens (primary N) is 1. The highest BCUT2D eigenvalue weighted by Gasteiger charge is 2.05. The molecule has 2 nitrogen and oxygen atoms in total. The van der Waals surface area contributed by atoms with Crippen molar-refractivity contribution in [2.75, 3.05) is 11.9 Å². The van der Waals surface area contributed by atoms with Crippen molar-refractivity contribution in [2.24, 2.45) is 5.73 Å². The molecule has 94 valence electrons. The molecule has 2 aromatic carbocycles. The van der Waals surface area contributed by atoms with Crippen molar-refractivity contribution in [3.8, 4) is 0 Å². The zero-order valence-corrected chi connectivity index (χ0v) is 10.6. The van der Waals surface area contributed by atoms with Crippen LogP contribution in [0.15, 0.2) is 48.5 Å². The summed E-state index contributed by atoms with van der Waals surface area (Å²) in [6.07, 6.45) is 0. The van der Waals surface area contributed by atoms with Crippen molar-refractivity contribution in [2.45, 2.75) is 13.0 Å². The molecule has 0 saturated heterocycles. The van der Waals surface area contributed by atoms with E-state index >= 15 is 0 Å². The van der Waals surface area contributed by atoms with Gasteiger partial charge in [-0.2, -0.15) is 0 Å². The van der Waals surface area contributed by atoms with Gasteiger partial charge in [0.1, 0.15) is 5.82 Å². The summed E-state index contributed by atoms with van der Waals surface area (Å²) in [5.41, 5.74) is 8.72. The van der Waals surface area contributed by atoms with Crippen LogP contribution in [0.25, 0.3) is 0 Å². The molecule has 2 rings (SSSR count). The molecule has 0 saturated carbocycles. The smallest absolute Gasteiger partial charge is 0.125 e. The standard InChI is InChI=1S/C15H17FN2/c1-11(17)12-6-8-14(9-7-12)18(2)15-5-3-4-13(16)10-15/h3-11H,17H2,1-2H3. The molecular weight excluding hydrogens is 227 g/mol. The molecule has 0 amide bonds. The first-order chi connectivity index (χ1) is 8.58. The number of hydrogen-bond acceptors (Lipinski definition) is 2. The molecule has 2 aromatic rings. The van der Waals surface area contributed by atoms with E-state index < -0.39 is 0 Å². The van der Waals surface area contributed by atoms with Gasteiger partial charge in [-0.05, 0) is 42.8 Å². The quantitative estimate of drug-likeness (QED) is 0.893. The van der Waals surface area contributed by atoms with Gasteiger partial charge in [0.15, 0.2) is 0 Å². The lowest BCUT2D eigenvalue weighted by Crippen LogP contribution is -2.10. The second kappa shape index (κ2) is 5.19. The van der Waals surface area contributed by atoms with Gasteiger partial charge in [-0.15, -0.1) is 0 Å². The molecule has 1 unspecified atom stereocenters. The van der Waals surface area contributed by atoms with E-state index in [9.17, 15) is 4.39 Å². The summed E-state index contributed by atoms with van der Waals surface area (Å²) in [7, 11) is 1.91. The van der Waals surface area contributed by atoms with Crippen molar-refractivity contribution < 1.29 is 4.39 Å². The fourth-order valence-electron chi connectivity index (χ4n) is 1.84. The van der Waals surface area contributed by atoms with Crippen LogP contribution in [0.1, 0.15) is 18.5 Å². The largest absolute Gasteiger partial charge is 0.345 e. The number of rotatable bonds is 3. The highest BCUT2D eigenvalue weighted by molar-refractivity contribution is 5.62. The fraction of sp³-hybridized carbons (Fsp3) is 0.200. The Labute approximate surface area is 107 Å². The van der Waals surface area contributed by atoms with Crippen LogP contribution in [0.4, 0.5) is 15.8 Å². The third-order valence-corrected chi connectivity index (χ3v) is 3.00. The van der Waals surface area contributed by atoms with Crippen molar-refractivity contribution in [1.82, 2.24) is 0 Å². The van der Waals surface area contributed by atoms with Crippen LogP contribution in [0.2, 0.25) is 0 Å². The fourth-order valence-corrected chi connectivity index (χ4v) is 1.84. The Morgan fingerprint density at radius 3 is 2.28 bits per heavy atom. The Morgan fingerprint density at radius 1 is 1.06 bits per heavy atom. The van der Waals surface area contributed by atoms with Gasteiger partial charge in [0.05, 0.1) is 0 Å². The van der Waals surface area contributed by atoms with E-state index in [4.69, 9.17) is 5.73 Å². The summed E-state index contributed by atoms with van der Waals surface area (Å²) in [6, 6.07) is 14.5. The van der Waals surface area contributed by atoms with Gasteiger partial charge in [-0.25, -0.2) is 4.39 Å². The maximum Gasteiger partial charge on any atom is 0.125 e. The molecular formula is C15H17FN2. The zero-order chi connectivity index (χ0) is 13.1. The molecule has 0 spiro atoms. The first-order valence-electron chi connectivity index (χ1n) is 5.93. The number of benzene rings is 2. The molecule has 1 atom stereocenters. The molecule has 0 aliphatic heterocycles. The second-order valence-corrected chi connectivity index (χ2v) is 4.42. The summed E-state index contributed by atoms with van der Waals surface area (Å²) < 4.78 is 13.2. The maximum atomic E-state index is 13.2. The van der Waals surface area contributed by atoms with Crippen LogP contribution in [-0.2, 0) is 0 Å². The average Bonchev–Trinajstić information content (AvgIpc) is 2.38. The van der Waals surface area contributed by atoms with Gasteiger partial charge in [0, 0.05) is 24.5 Å². The third-order valence-electron chi connectivity index (χ3n) is 3.00. The van der Waals surface area contributed by atoms with Crippen molar-refractivity contribution in [1.29, 1.82) is 0 Å². The lowest BCUT2D eigenvalue weighted by Gasteiger charge is -2.20. The first-order valence-corrected chi connectivity index (χ1v) is 5.93. The lowest BCUT2D eigenvalue weighted by atomic mass is 10.1. The van der Waals surface area contributed by atoms with E-state index in [1.807, 2.05) is 49.2 Å². The van der Waals surface area contributed by atoms with Crippen LogP contribution in [0, 0.1) is 5.82 Å². The third kappa shape index (κ3) is 2.68. The predicted molar refractivity (Wildman–Crippen MR) is 73.5 cm³/mol. The Kier molecular flexibility index (Phi) is 3.63. The minimum Gasteiger partial charge on any atom is -0.345 e. The summed E-state index contributed by atoms with van der Waals surface area (Å²) in [6.45, 7) is 1.95. The van der Waals surface area contributed by atoms with Gasteiger partial charge in [0.2, 0.25) is 0 Å². The van der Waals surface area contributed by atoms with E-state index in [0.717, 1.165) is 16.9 Å². The number of nitrogens with zero attached hydrogens (tertiary/aromatic N) is 1. The molecule has 3 heteroatoms. The Balaban J connectivity index is 2.26. The zero-order valence-electron chi connectivity index (χ0n) is 10.6. The Hall–Kier alpha value is -1.87. The van der Waals surface area contributed by atoms with Crippen LogP contribution in [-0.4, -0.2) is 7.05 Å². The minimum atomic E-state index is -0.230. The Morgan fingerprint density at radius 2 is 1.72 bits per heavy atom. The summed E-state index contributed by atoms with van der Waals surface area (Å²) in [5, 5.41) is 0. The van der Waals surface area contributed by atoms with Gasteiger partial charge < -0.3 is 10.6 Å². The summed E-state index contributed by atoms with van der Waals surface area (Å²) in [4.78, 5) is 1.94. The maximum absolute atomic E-state index is 13.2. The SMILES string of the molecule is CC(N)c1ccc(N(C)c2cccc(F)c2)cc1. The van der Waals surface area contributed by atoms with E-state index in [1.54, 1.807) is 6.07 Å². The van der Waals surface area contributed by atoms with E-state index in [1.165, 1.54) is 12.1 Å². The molecule has 0 heterocycles. The topological polar surface area (TPSA) is 29.3 Å². The van der Waals surface area contributed by atoms with E-state index in [0.29, 0.717) is 0 Å². The van der Waals surface area contributed by atoms with Crippen LogP contribution >= 0.6 is 0 Å². The molecule has 0 fully saturated rings. The molecule has 0 aliphatic rings. The normalized spacial score (nSPS) is 12.2. The van der Waals surface area contributed by atoms with Crippen molar-refractivity contribution in [3.63, 3.8) is 0 Å². The van der Waals surface area contributed by atoms with Gasteiger partial charge in [0.25, 0.3) is 0 Å². The van der Waals surface area contributed by atoms with Crippen LogP contribution < -0.4 is 10.6 Å². The van der Waals surface area contributed by atoms with Crippen molar-refractivity contribution >= 4 is 11.4 Å². The predicted octanol–water partition coefficient (Wildman–Crippen LogP) is 3.61. The lowest BCUT2D eigenvalue weighted by molar-refractivity contribution is 0.628. The molecule has 0 aliphatic carbocycles. The first kappa shape index (κ1) is 12.6.